The van der Waals surface area contributed by atoms with Gasteiger partial charge in [0.05, 0.1) is 5.56 Å². The number of alkyl halides is 3. The van der Waals surface area contributed by atoms with Crippen LogP contribution in [0.25, 0.3) is 0 Å². The van der Waals surface area contributed by atoms with Crippen molar-refractivity contribution in [3.63, 3.8) is 0 Å². The van der Waals surface area contributed by atoms with Gasteiger partial charge in [-0.25, -0.2) is 0 Å². The second-order valence-electron chi connectivity index (χ2n) is 5.12. The summed E-state index contributed by atoms with van der Waals surface area (Å²) in [6.07, 6.45) is -1.93. The lowest BCUT2D eigenvalue weighted by molar-refractivity contribution is -0.138. The lowest BCUT2D eigenvalue weighted by atomic mass is 10.1. The van der Waals surface area contributed by atoms with Crippen LogP contribution in [0.2, 0.25) is 0 Å². The Morgan fingerprint density at radius 2 is 1.90 bits per heavy atom. The van der Waals surface area contributed by atoms with Crippen LogP contribution in [0.1, 0.15) is 17.0 Å². The summed E-state index contributed by atoms with van der Waals surface area (Å²) in [5, 5.41) is 7.87. The van der Waals surface area contributed by atoms with Gasteiger partial charge in [0.15, 0.2) is 0 Å². The van der Waals surface area contributed by atoms with Crippen LogP contribution < -0.4 is 0 Å². The predicted molar refractivity (Wildman–Crippen MR) is 70.4 cm³/mol. The van der Waals surface area contributed by atoms with E-state index in [0.717, 1.165) is 11.9 Å². The molecule has 112 valence electrons. The molecule has 0 spiro atoms. The molecule has 0 unspecified atom stereocenters. The molecule has 0 atom stereocenters. The molecule has 2 heterocycles. The Bertz CT molecular complexity index is 598. The minimum atomic E-state index is -4.31. The molecule has 0 amide bonds. The quantitative estimate of drug-likeness (QED) is 0.853. The van der Waals surface area contributed by atoms with Crippen LogP contribution in [-0.2, 0) is 25.7 Å². The molecule has 0 fully saturated rings. The summed E-state index contributed by atoms with van der Waals surface area (Å²) in [7, 11) is 0. The van der Waals surface area contributed by atoms with Crippen LogP contribution >= 0.6 is 0 Å². The maximum atomic E-state index is 13.0. The third-order valence-corrected chi connectivity index (χ3v) is 3.72. The van der Waals surface area contributed by atoms with Crippen LogP contribution in [0, 0.1) is 0 Å². The monoisotopic (exact) mass is 296 g/mol. The topological polar surface area (TPSA) is 34.0 Å². The van der Waals surface area contributed by atoms with E-state index in [-0.39, 0.29) is 0 Å². The smallest absolute Gasteiger partial charge is 0.316 e. The largest absolute Gasteiger partial charge is 0.416 e. The van der Waals surface area contributed by atoms with Crippen molar-refractivity contribution in [3.05, 3.63) is 47.5 Å². The fourth-order valence-electron chi connectivity index (χ4n) is 2.61. The Balaban J connectivity index is 1.75. The summed E-state index contributed by atoms with van der Waals surface area (Å²) in [6, 6.07) is 5.77. The molecule has 0 aliphatic carbocycles. The van der Waals surface area contributed by atoms with E-state index in [1.54, 1.807) is 18.5 Å². The van der Waals surface area contributed by atoms with Gasteiger partial charge in [-0.1, -0.05) is 18.2 Å². The molecule has 1 aromatic heterocycles. The molecule has 3 rings (SSSR count). The predicted octanol–water partition coefficient (Wildman–Crippen LogP) is 2.36. The van der Waals surface area contributed by atoms with E-state index >= 15 is 0 Å². The van der Waals surface area contributed by atoms with Crippen LogP contribution in [0.4, 0.5) is 13.2 Å². The summed E-state index contributed by atoms with van der Waals surface area (Å²) >= 11 is 0. The maximum absolute atomic E-state index is 13.0. The summed E-state index contributed by atoms with van der Waals surface area (Å²) in [5.74, 6) is 0.890. The van der Waals surface area contributed by atoms with Gasteiger partial charge in [0.1, 0.15) is 12.2 Å². The zero-order valence-corrected chi connectivity index (χ0v) is 11.3. The third-order valence-electron chi connectivity index (χ3n) is 3.72. The molecule has 21 heavy (non-hydrogen) atoms. The first-order valence-electron chi connectivity index (χ1n) is 6.78. The fraction of sp³-hybridized carbons (Fsp3) is 0.429. The Morgan fingerprint density at radius 1 is 1.10 bits per heavy atom. The number of rotatable bonds is 2. The van der Waals surface area contributed by atoms with Crippen LogP contribution in [0.15, 0.2) is 30.6 Å². The van der Waals surface area contributed by atoms with E-state index in [9.17, 15) is 13.2 Å². The van der Waals surface area contributed by atoms with Crippen molar-refractivity contribution in [3.8, 4) is 0 Å². The maximum Gasteiger partial charge on any atom is 0.416 e. The zero-order chi connectivity index (χ0) is 14.9. The van der Waals surface area contributed by atoms with E-state index < -0.39 is 11.7 Å². The van der Waals surface area contributed by atoms with Gasteiger partial charge in [-0.05, 0) is 11.6 Å². The first-order valence-corrected chi connectivity index (χ1v) is 6.78. The Hall–Kier alpha value is -1.89. The number of benzene rings is 1. The molecule has 0 radical (unpaired) electrons. The normalized spacial score (nSPS) is 16.5. The second kappa shape index (κ2) is 5.48. The van der Waals surface area contributed by atoms with Gasteiger partial charge in [0.25, 0.3) is 0 Å². The van der Waals surface area contributed by atoms with Crippen LogP contribution in [-0.4, -0.2) is 32.8 Å². The summed E-state index contributed by atoms with van der Waals surface area (Å²) < 4.78 is 41.0. The van der Waals surface area contributed by atoms with Gasteiger partial charge >= 0.3 is 6.18 Å². The van der Waals surface area contributed by atoms with Crippen molar-refractivity contribution < 1.29 is 13.2 Å². The minimum absolute atomic E-state index is 0.300. The molecular weight excluding hydrogens is 281 g/mol. The lowest BCUT2D eigenvalue weighted by Gasteiger charge is -2.22. The Kier molecular flexibility index (Phi) is 3.67. The number of nitrogens with zero attached hydrogens (tertiary/aromatic N) is 4. The van der Waals surface area contributed by atoms with Gasteiger partial charge < -0.3 is 4.57 Å². The van der Waals surface area contributed by atoms with E-state index in [0.29, 0.717) is 38.2 Å². The van der Waals surface area contributed by atoms with Crippen molar-refractivity contribution >= 4 is 0 Å². The van der Waals surface area contributed by atoms with Gasteiger partial charge in [-0.3, -0.25) is 4.90 Å². The van der Waals surface area contributed by atoms with Crippen molar-refractivity contribution in [2.75, 3.05) is 13.1 Å². The molecule has 1 aromatic carbocycles. The summed E-state index contributed by atoms with van der Waals surface area (Å²) in [5.41, 5.74) is -0.226. The SMILES string of the molecule is FC(F)(F)c1ccccc1CN1CCc2nncn2CC1. The average Bonchev–Trinajstić information content (AvgIpc) is 2.81. The highest BCUT2D eigenvalue weighted by molar-refractivity contribution is 5.29. The number of hydrogen-bond donors (Lipinski definition) is 0. The highest BCUT2D eigenvalue weighted by atomic mass is 19.4. The van der Waals surface area contributed by atoms with E-state index in [1.807, 2.05) is 9.47 Å². The molecule has 7 heteroatoms. The molecule has 0 bridgehead atoms. The van der Waals surface area contributed by atoms with E-state index in [1.165, 1.54) is 6.07 Å². The molecule has 1 aliphatic heterocycles. The molecule has 4 nitrogen and oxygen atoms in total. The van der Waals surface area contributed by atoms with Gasteiger partial charge in [-0.15, -0.1) is 10.2 Å². The zero-order valence-electron chi connectivity index (χ0n) is 11.3. The van der Waals surface area contributed by atoms with Gasteiger partial charge in [-0.2, -0.15) is 13.2 Å². The Labute approximate surface area is 120 Å². The van der Waals surface area contributed by atoms with Crippen LogP contribution in [0.5, 0.6) is 0 Å². The molecule has 2 aromatic rings. The van der Waals surface area contributed by atoms with Crippen molar-refractivity contribution in [1.29, 1.82) is 0 Å². The number of halogens is 3. The lowest BCUT2D eigenvalue weighted by Crippen LogP contribution is -2.27. The second-order valence-corrected chi connectivity index (χ2v) is 5.12. The summed E-state index contributed by atoms with van der Waals surface area (Å²) in [4.78, 5) is 2.03. The fourth-order valence-corrected chi connectivity index (χ4v) is 2.61. The highest BCUT2D eigenvalue weighted by Gasteiger charge is 2.33. The first-order chi connectivity index (χ1) is 10.0. The van der Waals surface area contributed by atoms with Gasteiger partial charge in [0, 0.05) is 32.6 Å². The number of hydrogen-bond acceptors (Lipinski definition) is 3. The van der Waals surface area contributed by atoms with Crippen LogP contribution in [0.3, 0.4) is 0 Å². The molecular formula is C14H15F3N4. The van der Waals surface area contributed by atoms with Crippen molar-refractivity contribution in [1.82, 2.24) is 19.7 Å². The van der Waals surface area contributed by atoms with E-state index in [2.05, 4.69) is 10.2 Å². The van der Waals surface area contributed by atoms with Crippen molar-refractivity contribution in [2.45, 2.75) is 25.7 Å². The molecule has 0 saturated heterocycles. The first kappa shape index (κ1) is 14.1. The minimum Gasteiger partial charge on any atom is -0.316 e. The Morgan fingerprint density at radius 3 is 2.71 bits per heavy atom. The molecule has 0 saturated carbocycles. The standard InChI is InChI=1S/C14H15F3N4/c15-14(16,17)12-4-2-1-3-11(12)9-20-6-5-13-19-18-10-21(13)8-7-20/h1-4,10H,5-9H2. The highest BCUT2D eigenvalue weighted by Crippen LogP contribution is 2.32. The van der Waals surface area contributed by atoms with Crippen molar-refractivity contribution in [2.24, 2.45) is 0 Å². The third kappa shape index (κ3) is 3.07. The molecule has 0 N–H and O–H groups in total. The summed E-state index contributed by atoms with van der Waals surface area (Å²) in [6.45, 7) is 2.38. The average molecular weight is 296 g/mol. The van der Waals surface area contributed by atoms with Gasteiger partial charge in [0.2, 0.25) is 0 Å². The molecule has 1 aliphatic rings. The number of aromatic nitrogens is 3. The number of fused-ring (bicyclic) bond motifs is 1. The van der Waals surface area contributed by atoms with E-state index in [4.69, 9.17) is 0 Å².